The van der Waals surface area contributed by atoms with Crippen molar-refractivity contribution in [1.29, 1.82) is 0 Å². The van der Waals surface area contributed by atoms with Crippen molar-refractivity contribution in [1.82, 2.24) is 9.97 Å². The zero-order valence-corrected chi connectivity index (χ0v) is 21.4. The largest absolute Gasteiger partial charge is 0.505 e. The van der Waals surface area contributed by atoms with Gasteiger partial charge in [0, 0.05) is 24.8 Å². The number of cyclic esters (lactones) is 2. The van der Waals surface area contributed by atoms with Crippen LogP contribution in [0.25, 0.3) is 0 Å². The highest BCUT2D eigenvalue weighted by Crippen LogP contribution is 2.21. The molecule has 18 heteroatoms. The molecule has 4 atom stereocenters. The van der Waals surface area contributed by atoms with Crippen LogP contribution in [0.1, 0.15) is 20.7 Å². The summed E-state index contributed by atoms with van der Waals surface area (Å²) in [6, 6.07) is 6.57. The van der Waals surface area contributed by atoms with Gasteiger partial charge in [-0.1, -0.05) is 0 Å². The number of aliphatic hydroxyl groups is 8. The van der Waals surface area contributed by atoms with E-state index >= 15 is 0 Å². The average Bonchev–Trinajstić information content (AvgIpc) is 3.42. The molecule has 4 rings (SSSR count). The summed E-state index contributed by atoms with van der Waals surface area (Å²) in [5.41, 5.74) is 10.8. The fourth-order valence-electron chi connectivity index (χ4n) is 2.66. The van der Waals surface area contributed by atoms with Crippen LogP contribution in [0, 0.1) is 0 Å². The molecule has 2 amide bonds. The number of hydrogen-bond acceptors (Lipinski definition) is 16. The highest BCUT2D eigenvalue weighted by Gasteiger charge is 2.39. The topological polar surface area (TPSA) is 326 Å². The van der Waals surface area contributed by atoms with Gasteiger partial charge in [-0.05, 0) is 24.3 Å². The van der Waals surface area contributed by atoms with Crippen LogP contribution in [0.3, 0.4) is 0 Å². The molecule has 42 heavy (non-hydrogen) atoms. The van der Waals surface area contributed by atoms with Gasteiger partial charge < -0.3 is 61.8 Å². The van der Waals surface area contributed by atoms with E-state index in [1.165, 1.54) is 12.4 Å². The Kier molecular flexibility index (Phi) is 13.8. The third kappa shape index (κ3) is 10.0. The molecule has 0 aliphatic carbocycles. The van der Waals surface area contributed by atoms with Crippen LogP contribution in [-0.2, 0) is 19.1 Å². The van der Waals surface area contributed by atoms with Crippen LogP contribution in [0.2, 0.25) is 0 Å². The summed E-state index contributed by atoms with van der Waals surface area (Å²) >= 11 is 0. The van der Waals surface area contributed by atoms with Gasteiger partial charge in [-0.15, -0.1) is 0 Å². The molecule has 228 valence electrons. The molecule has 0 aromatic carbocycles. The lowest BCUT2D eigenvalue weighted by Gasteiger charge is -2.13. The molecule has 2 aliphatic rings. The van der Waals surface area contributed by atoms with Gasteiger partial charge in [0.25, 0.3) is 0 Å². The van der Waals surface area contributed by atoms with E-state index in [1.54, 1.807) is 36.7 Å². The molecule has 2 aliphatic heterocycles. The zero-order chi connectivity index (χ0) is 32.0. The maximum atomic E-state index is 10.5. The maximum absolute atomic E-state index is 10.5. The second-order valence-corrected chi connectivity index (χ2v) is 7.83. The summed E-state index contributed by atoms with van der Waals surface area (Å²) in [6.45, 7) is -1.34. The Morgan fingerprint density at radius 3 is 1.24 bits per heavy atom. The van der Waals surface area contributed by atoms with Gasteiger partial charge in [0.1, 0.15) is 12.2 Å². The Bertz CT molecular complexity index is 1190. The Hall–Kier alpha value is -5.30. The van der Waals surface area contributed by atoms with Crippen LogP contribution in [0.4, 0.5) is 0 Å². The van der Waals surface area contributed by atoms with Gasteiger partial charge in [0.2, 0.25) is 23.3 Å². The lowest BCUT2D eigenvalue weighted by atomic mass is 10.2. The summed E-state index contributed by atoms with van der Waals surface area (Å²) in [5, 5.41) is 70.1. The lowest BCUT2D eigenvalue weighted by Crippen LogP contribution is -2.31. The molecule has 2 aromatic heterocycles. The first-order valence-corrected chi connectivity index (χ1v) is 11.4. The van der Waals surface area contributed by atoms with E-state index in [1.807, 2.05) is 0 Å². The number of amides is 2. The van der Waals surface area contributed by atoms with Crippen LogP contribution < -0.4 is 11.5 Å². The summed E-state index contributed by atoms with van der Waals surface area (Å²) in [4.78, 5) is 49.2. The van der Waals surface area contributed by atoms with E-state index in [9.17, 15) is 19.2 Å². The molecule has 18 nitrogen and oxygen atoms in total. The van der Waals surface area contributed by atoms with Crippen LogP contribution in [-0.4, -0.2) is 112 Å². The van der Waals surface area contributed by atoms with Crippen molar-refractivity contribution < 1.29 is 69.5 Å². The number of hydrogen-bond donors (Lipinski definition) is 10. The molecule has 12 N–H and O–H groups in total. The Balaban J connectivity index is 0.000000283. The van der Waals surface area contributed by atoms with Crippen molar-refractivity contribution in [3.8, 4) is 0 Å². The predicted octanol–water partition coefficient (Wildman–Crippen LogP) is -2.45. The number of rotatable bonds is 6. The molecular weight excluding hydrogens is 568 g/mol. The summed E-state index contributed by atoms with van der Waals surface area (Å²) in [5.74, 6) is -6.44. The number of pyridine rings is 2. The van der Waals surface area contributed by atoms with E-state index in [-0.39, 0.29) is 0 Å². The van der Waals surface area contributed by atoms with Crippen LogP contribution >= 0.6 is 0 Å². The number of nitrogens with zero attached hydrogens (tertiary/aromatic N) is 2. The van der Waals surface area contributed by atoms with E-state index < -0.39 is 84.4 Å². The molecular formula is C24H28N4O14. The van der Waals surface area contributed by atoms with Gasteiger partial charge in [0.15, 0.2) is 23.7 Å². The van der Waals surface area contributed by atoms with E-state index in [4.69, 9.17) is 52.3 Å². The summed E-state index contributed by atoms with van der Waals surface area (Å²) < 4.78 is 8.63. The molecule has 0 saturated heterocycles. The molecule has 0 saturated carbocycles. The minimum Gasteiger partial charge on any atom is -0.505 e. The Morgan fingerprint density at radius 1 is 0.738 bits per heavy atom. The summed E-state index contributed by atoms with van der Waals surface area (Å²) in [7, 11) is 0. The van der Waals surface area contributed by atoms with Crippen molar-refractivity contribution in [2.75, 3.05) is 13.2 Å². The van der Waals surface area contributed by atoms with Crippen molar-refractivity contribution in [2.45, 2.75) is 24.4 Å². The summed E-state index contributed by atoms with van der Waals surface area (Å²) in [6.07, 6.45) is 0.492. The molecule has 0 unspecified atom stereocenters. The standard InChI is InChI=1S/2C6H6N2O.2C6H8O6/c2*7-6(9)5-2-1-3-8-4-5;2*7-1-2(8)5-3(9)4(10)6(11)12-5/h2*1-4H,(H2,7,9);2*2,5,7-10H,1H2/t;;2*2-,5+/m..00/s1. The molecule has 0 bridgehead atoms. The van der Waals surface area contributed by atoms with E-state index in [0.717, 1.165) is 0 Å². The second-order valence-electron chi connectivity index (χ2n) is 7.83. The SMILES string of the molecule is NC(=O)c1cccnc1.NC(=O)c1cccnc1.O=C1O[C@H]([C@@H](O)CO)C(O)=C1O.O=C1O[C@H]([C@@H](O)CO)C(O)=C1O. The number of esters is 2. The van der Waals surface area contributed by atoms with Crippen LogP contribution in [0.5, 0.6) is 0 Å². The molecule has 2 aromatic rings. The Labute approximate surface area is 236 Å². The van der Waals surface area contributed by atoms with Crippen molar-refractivity contribution in [3.05, 3.63) is 83.2 Å². The third-order valence-corrected chi connectivity index (χ3v) is 4.84. The minimum absolute atomic E-state index is 0.442. The maximum Gasteiger partial charge on any atom is 0.377 e. The Morgan fingerprint density at radius 2 is 1.07 bits per heavy atom. The molecule has 0 fully saturated rings. The first-order chi connectivity index (χ1) is 19.8. The van der Waals surface area contributed by atoms with Gasteiger partial charge in [-0.25, -0.2) is 9.59 Å². The molecule has 4 heterocycles. The predicted molar refractivity (Wildman–Crippen MR) is 136 cm³/mol. The van der Waals surface area contributed by atoms with Crippen molar-refractivity contribution >= 4 is 23.8 Å². The van der Waals surface area contributed by atoms with E-state index in [0.29, 0.717) is 11.1 Å². The highest BCUT2D eigenvalue weighted by molar-refractivity contribution is 5.92. The van der Waals surface area contributed by atoms with Gasteiger partial charge in [0.05, 0.1) is 24.3 Å². The number of carbonyl (C=O) groups excluding carboxylic acids is 4. The number of primary amides is 2. The fourth-order valence-corrected chi connectivity index (χ4v) is 2.66. The monoisotopic (exact) mass is 596 g/mol. The van der Waals surface area contributed by atoms with Crippen LogP contribution in [0.15, 0.2) is 72.1 Å². The lowest BCUT2D eigenvalue weighted by molar-refractivity contribution is -0.148. The number of aliphatic hydroxyl groups excluding tert-OH is 8. The van der Waals surface area contributed by atoms with Gasteiger partial charge >= 0.3 is 11.9 Å². The first-order valence-electron chi connectivity index (χ1n) is 11.4. The van der Waals surface area contributed by atoms with E-state index in [2.05, 4.69) is 19.4 Å². The smallest absolute Gasteiger partial charge is 0.377 e. The quantitative estimate of drug-likeness (QED) is 0.155. The first kappa shape index (κ1) is 34.7. The highest BCUT2D eigenvalue weighted by atomic mass is 16.6. The van der Waals surface area contributed by atoms with Crippen molar-refractivity contribution in [2.24, 2.45) is 11.5 Å². The molecule has 0 radical (unpaired) electrons. The van der Waals surface area contributed by atoms with Gasteiger partial charge in [-0.3, -0.25) is 19.6 Å². The minimum atomic E-state index is -1.42. The number of aromatic nitrogens is 2. The van der Waals surface area contributed by atoms with Crippen molar-refractivity contribution in [3.63, 3.8) is 0 Å². The normalized spacial score (nSPS) is 18.6. The number of carbonyl (C=O) groups is 4. The van der Waals surface area contributed by atoms with Gasteiger partial charge in [-0.2, -0.15) is 0 Å². The zero-order valence-electron chi connectivity index (χ0n) is 21.4. The third-order valence-electron chi connectivity index (χ3n) is 4.84. The number of nitrogens with two attached hydrogens (primary N) is 2. The average molecular weight is 597 g/mol. The molecule has 0 spiro atoms. The second kappa shape index (κ2) is 16.7. The number of ether oxygens (including phenoxy) is 2. The fraction of sp³-hybridized carbons (Fsp3) is 0.250.